The van der Waals surface area contributed by atoms with Crippen molar-refractivity contribution in [2.75, 3.05) is 13.1 Å². The summed E-state index contributed by atoms with van der Waals surface area (Å²) in [6, 6.07) is 12.4. The molecule has 3 rings (SSSR count). The number of nitro groups is 1. The minimum atomic E-state index is -0.379. The number of nitrogens with zero attached hydrogens (tertiary/aromatic N) is 3. The highest BCUT2D eigenvalue weighted by atomic mass is 16.6. The summed E-state index contributed by atoms with van der Waals surface area (Å²) in [6.07, 6.45) is 3.14. The number of nitro benzene ring substituents is 1. The zero-order chi connectivity index (χ0) is 24.3. The topological polar surface area (TPSA) is 83.8 Å². The van der Waals surface area contributed by atoms with Gasteiger partial charge in [-0.25, -0.2) is 0 Å². The molecule has 2 aromatic rings. The number of hydrogen-bond acceptors (Lipinski definition) is 4. The van der Waals surface area contributed by atoms with Gasteiger partial charge in [0.2, 0.25) is 11.8 Å². The van der Waals surface area contributed by atoms with E-state index in [4.69, 9.17) is 0 Å². The predicted octanol–water partition coefficient (Wildman–Crippen LogP) is 4.87. The SMILES string of the molecule is CC(=O)N1C(C)CN(C(=O)/C=C/c2cccc([N+](=O)[O-])c2-c2ccccc2C(C)C)CC1C. The monoisotopic (exact) mass is 449 g/mol. The number of rotatable bonds is 5. The molecule has 7 heteroatoms. The Balaban J connectivity index is 1.97. The molecular weight excluding hydrogens is 418 g/mol. The van der Waals surface area contributed by atoms with Gasteiger partial charge in [-0.2, -0.15) is 0 Å². The summed E-state index contributed by atoms with van der Waals surface area (Å²) in [5, 5.41) is 11.8. The lowest BCUT2D eigenvalue weighted by Gasteiger charge is -2.43. The van der Waals surface area contributed by atoms with Crippen LogP contribution < -0.4 is 0 Å². The highest BCUT2D eigenvalue weighted by Gasteiger charge is 2.32. The molecule has 0 N–H and O–H groups in total. The predicted molar refractivity (Wildman–Crippen MR) is 130 cm³/mol. The lowest BCUT2D eigenvalue weighted by Crippen LogP contribution is -2.59. The van der Waals surface area contributed by atoms with Crippen LogP contribution in [-0.4, -0.2) is 51.7 Å². The molecule has 0 radical (unpaired) electrons. The molecule has 1 aliphatic heterocycles. The lowest BCUT2D eigenvalue weighted by molar-refractivity contribution is -0.384. The van der Waals surface area contributed by atoms with Crippen LogP contribution in [0, 0.1) is 10.1 Å². The Morgan fingerprint density at radius 1 is 1.06 bits per heavy atom. The Morgan fingerprint density at radius 3 is 2.27 bits per heavy atom. The molecule has 1 heterocycles. The molecule has 0 bridgehead atoms. The Morgan fingerprint density at radius 2 is 1.70 bits per heavy atom. The maximum Gasteiger partial charge on any atom is 0.277 e. The number of hydrogen-bond donors (Lipinski definition) is 0. The van der Waals surface area contributed by atoms with Gasteiger partial charge in [0.1, 0.15) is 0 Å². The summed E-state index contributed by atoms with van der Waals surface area (Å²) in [7, 11) is 0. The fraction of sp³-hybridized carbons (Fsp3) is 0.385. The van der Waals surface area contributed by atoms with Crippen LogP contribution in [-0.2, 0) is 9.59 Å². The molecule has 0 aliphatic carbocycles. The third-order valence-corrected chi connectivity index (χ3v) is 6.12. The summed E-state index contributed by atoms with van der Waals surface area (Å²) in [4.78, 5) is 39.9. The van der Waals surface area contributed by atoms with E-state index in [2.05, 4.69) is 13.8 Å². The molecule has 1 aliphatic rings. The normalized spacial score (nSPS) is 18.7. The second kappa shape index (κ2) is 9.98. The van der Waals surface area contributed by atoms with E-state index in [0.29, 0.717) is 24.2 Å². The number of benzene rings is 2. The first-order chi connectivity index (χ1) is 15.6. The van der Waals surface area contributed by atoms with E-state index >= 15 is 0 Å². The number of carbonyl (C=O) groups is 2. The fourth-order valence-electron chi connectivity index (χ4n) is 4.76. The molecule has 2 aromatic carbocycles. The molecule has 0 saturated carbocycles. The van der Waals surface area contributed by atoms with Crippen molar-refractivity contribution in [2.45, 2.75) is 52.6 Å². The minimum absolute atomic E-state index is 0.00250. The molecule has 0 aromatic heterocycles. The second-order valence-electron chi connectivity index (χ2n) is 8.94. The maximum absolute atomic E-state index is 13.0. The fourth-order valence-corrected chi connectivity index (χ4v) is 4.76. The second-order valence-corrected chi connectivity index (χ2v) is 8.94. The average molecular weight is 450 g/mol. The van der Waals surface area contributed by atoms with Crippen molar-refractivity contribution < 1.29 is 14.5 Å². The van der Waals surface area contributed by atoms with Gasteiger partial charge in [-0.15, -0.1) is 0 Å². The maximum atomic E-state index is 13.0. The van der Waals surface area contributed by atoms with Crippen molar-refractivity contribution in [3.05, 3.63) is 69.8 Å². The Hall–Kier alpha value is -3.48. The van der Waals surface area contributed by atoms with Crippen LogP contribution in [0.2, 0.25) is 0 Å². The van der Waals surface area contributed by atoms with Crippen LogP contribution in [0.25, 0.3) is 17.2 Å². The number of carbonyl (C=O) groups excluding carboxylic acids is 2. The summed E-state index contributed by atoms with van der Waals surface area (Å²) in [5.41, 5.74) is 2.95. The summed E-state index contributed by atoms with van der Waals surface area (Å²) >= 11 is 0. The van der Waals surface area contributed by atoms with Gasteiger partial charge in [-0.1, -0.05) is 50.2 Å². The number of amides is 2. The smallest absolute Gasteiger partial charge is 0.277 e. The Bertz CT molecular complexity index is 1080. The number of piperazine rings is 1. The van der Waals surface area contributed by atoms with Gasteiger partial charge < -0.3 is 9.80 Å². The van der Waals surface area contributed by atoms with E-state index in [1.165, 1.54) is 12.1 Å². The quantitative estimate of drug-likeness (QED) is 0.370. The van der Waals surface area contributed by atoms with Gasteiger partial charge in [0.05, 0.1) is 10.5 Å². The van der Waals surface area contributed by atoms with E-state index in [1.54, 1.807) is 34.9 Å². The molecule has 1 saturated heterocycles. The zero-order valence-electron chi connectivity index (χ0n) is 19.8. The molecule has 2 unspecified atom stereocenters. The molecular formula is C26H31N3O4. The van der Waals surface area contributed by atoms with Crippen molar-refractivity contribution >= 4 is 23.6 Å². The van der Waals surface area contributed by atoms with Crippen LogP contribution in [0.3, 0.4) is 0 Å². The lowest BCUT2D eigenvalue weighted by atomic mass is 9.89. The minimum Gasteiger partial charge on any atom is -0.335 e. The third-order valence-electron chi connectivity index (χ3n) is 6.12. The summed E-state index contributed by atoms with van der Waals surface area (Å²) in [6.45, 7) is 10.4. The van der Waals surface area contributed by atoms with Gasteiger partial charge in [-0.05, 0) is 42.5 Å². The van der Waals surface area contributed by atoms with Crippen molar-refractivity contribution in [1.82, 2.24) is 9.80 Å². The van der Waals surface area contributed by atoms with Crippen LogP contribution in [0.5, 0.6) is 0 Å². The average Bonchev–Trinajstić information content (AvgIpc) is 2.76. The molecule has 1 fully saturated rings. The van der Waals surface area contributed by atoms with Crippen LogP contribution in [0.1, 0.15) is 51.7 Å². The molecule has 174 valence electrons. The molecule has 0 spiro atoms. The van der Waals surface area contributed by atoms with Gasteiger partial charge in [0.25, 0.3) is 5.69 Å². The van der Waals surface area contributed by atoms with Gasteiger partial charge in [0, 0.05) is 44.2 Å². The standard InChI is InChI=1S/C26H31N3O4/c1-17(2)22-10-6-7-11-23(22)26-21(9-8-12-24(26)29(32)33)13-14-25(31)27-15-18(3)28(20(5)30)19(4)16-27/h6-14,17-19H,15-16H2,1-5H3/b14-13+. The summed E-state index contributed by atoms with van der Waals surface area (Å²) in [5.74, 6) is 0.00853. The van der Waals surface area contributed by atoms with Gasteiger partial charge in [-0.3, -0.25) is 19.7 Å². The van der Waals surface area contributed by atoms with Crippen LogP contribution >= 0.6 is 0 Å². The first kappa shape index (κ1) is 24.2. The van der Waals surface area contributed by atoms with Crippen LogP contribution in [0.4, 0.5) is 5.69 Å². The summed E-state index contributed by atoms with van der Waals surface area (Å²) < 4.78 is 0. The van der Waals surface area contributed by atoms with Crippen molar-refractivity contribution in [1.29, 1.82) is 0 Å². The first-order valence-corrected chi connectivity index (χ1v) is 11.2. The van der Waals surface area contributed by atoms with E-state index in [9.17, 15) is 19.7 Å². The van der Waals surface area contributed by atoms with Crippen molar-refractivity contribution in [3.63, 3.8) is 0 Å². The Labute approximate surface area is 194 Å². The van der Waals surface area contributed by atoms with Gasteiger partial charge in [0.15, 0.2) is 0 Å². The van der Waals surface area contributed by atoms with E-state index in [0.717, 1.165) is 11.1 Å². The third kappa shape index (κ3) is 5.13. The largest absolute Gasteiger partial charge is 0.335 e. The molecule has 2 amide bonds. The molecule has 7 nitrogen and oxygen atoms in total. The zero-order valence-corrected chi connectivity index (χ0v) is 19.8. The van der Waals surface area contributed by atoms with E-state index in [-0.39, 0.29) is 40.4 Å². The van der Waals surface area contributed by atoms with Crippen molar-refractivity contribution in [3.8, 4) is 11.1 Å². The first-order valence-electron chi connectivity index (χ1n) is 11.2. The van der Waals surface area contributed by atoms with Crippen molar-refractivity contribution in [2.24, 2.45) is 0 Å². The molecule has 33 heavy (non-hydrogen) atoms. The Kier molecular flexibility index (Phi) is 7.31. The van der Waals surface area contributed by atoms with E-state index < -0.39 is 0 Å². The van der Waals surface area contributed by atoms with E-state index in [1.807, 2.05) is 38.1 Å². The van der Waals surface area contributed by atoms with Crippen LogP contribution in [0.15, 0.2) is 48.5 Å². The van der Waals surface area contributed by atoms with Gasteiger partial charge >= 0.3 is 0 Å². The molecule has 2 atom stereocenters. The highest BCUT2D eigenvalue weighted by molar-refractivity contribution is 5.94. The highest BCUT2D eigenvalue weighted by Crippen LogP contribution is 2.38.